The van der Waals surface area contributed by atoms with Crippen LogP contribution in [0.4, 0.5) is 4.79 Å². The van der Waals surface area contributed by atoms with Crippen LogP contribution in [0.25, 0.3) is 0 Å². The van der Waals surface area contributed by atoms with Crippen LogP contribution in [-0.2, 0) is 6.54 Å². The van der Waals surface area contributed by atoms with Crippen LogP contribution in [0, 0.1) is 5.92 Å². The van der Waals surface area contributed by atoms with Gasteiger partial charge in [-0.1, -0.05) is 26.7 Å². The second-order valence-electron chi connectivity index (χ2n) is 5.53. The van der Waals surface area contributed by atoms with E-state index in [0.717, 1.165) is 12.8 Å². The van der Waals surface area contributed by atoms with E-state index in [1.54, 1.807) is 17.2 Å². The zero-order valence-corrected chi connectivity index (χ0v) is 11.7. The molecule has 1 aliphatic carbocycles. The topological polar surface area (TPSA) is 71.8 Å². The van der Waals surface area contributed by atoms with Crippen molar-refractivity contribution in [2.75, 3.05) is 0 Å². The van der Waals surface area contributed by atoms with Crippen molar-refractivity contribution in [1.82, 2.24) is 25.6 Å². The molecule has 19 heavy (non-hydrogen) atoms. The Labute approximate surface area is 113 Å². The molecule has 2 amide bonds. The first-order valence-corrected chi connectivity index (χ1v) is 7.06. The molecule has 106 valence electrons. The van der Waals surface area contributed by atoms with E-state index in [4.69, 9.17) is 0 Å². The van der Waals surface area contributed by atoms with Gasteiger partial charge in [-0.3, -0.25) is 0 Å². The van der Waals surface area contributed by atoms with E-state index < -0.39 is 0 Å². The van der Waals surface area contributed by atoms with Crippen molar-refractivity contribution in [3.63, 3.8) is 0 Å². The average molecular weight is 265 g/mol. The minimum atomic E-state index is -0.0715. The molecule has 2 N–H and O–H groups in total. The van der Waals surface area contributed by atoms with Gasteiger partial charge in [-0.2, -0.15) is 15.0 Å². The van der Waals surface area contributed by atoms with E-state index in [0.29, 0.717) is 18.5 Å². The van der Waals surface area contributed by atoms with E-state index >= 15 is 0 Å². The van der Waals surface area contributed by atoms with Crippen molar-refractivity contribution in [2.45, 2.75) is 58.2 Å². The second-order valence-corrected chi connectivity index (χ2v) is 5.53. The van der Waals surface area contributed by atoms with Gasteiger partial charge >= 0.3 is 6.03 Å². The third-order valence-electron chi connectivity index (χ3n) is 3.64. The molecule has 0 radical (unpaired) electrons. The summed E-state index contributed by atoms with van der Waals surface area (Å²) in [5, 5.41) is 14.2. The lowest BCUT2D eigenvalue weighted by molar-refractivity contribution is 0.224. The summed E-state index contributed by atoms with van der Waals surface area (Å²) < 4.78 is 0. The lowest BCUT2D eigenvalue weighted by Crippen LogP contribution is -2.49. The fourth-order valence-electron chi connectivity index (χ4n) is 2.40. The number of nitrogens with one attached hydrogen (secondary N) is 2. The highest BCUT2D eigenvalue weighted by atomic mass is 16.2. The maximum absolute atomic E-state index is 12.0. The Hall–Kier alpha value is -1.59. The van der Waals surface area contributed by atoms with Crippen LogP contribution in [0.1, 0.15) is 39.5 Å². The van der Waals surface area contributed by atoms with Crippen molar-refractivity contribution in [3.05, 3.63) is 12.4 Å². The van der Waals surface area contributed by atoms with Crippen molar-refractivity contribution < 1.29 is 4.79 Å². The van der Waals surface area contributed by atoms with E-state index in [2.05, 4.69) is 34.7 Å². The van der Waals surface area contributed by atoms with Crippen molar-refractivity contribution in [2.24, 2.45) is 5.92 Å². The number of urea groups is 1. The number of rotatable bonds is 5. The molecule has 0 aromatic carbocycles. The van der Waals surface area contributed by atoms with Crippen LogP contribution in [0.2, 0.25) is 0 Å². The van der Waals surface area contributed by atoms with Gasteiger partial charge in [-0.25, -0.2) is 4.79 Å². The Morgan fingerprint density at radius 1 is 1.32 bits per heavy atom. The molecule has 1 unspecified atom stereocenters. The first-order valence-electron chi connectivity index (χ1n) is 7.06. The number of amides is 2. The first-order chi connectivity index (χ1) is 9.15. The minimum absolute atomic E-state index is 0.0359. The van der Waals surface area contributed by atoms with Crippen LogP contribution >= 0.6 is 0 Å². The summed E-state index contributed by atoms with van der Waals surface area (Å²) in [6.07, 6.45) is 7.93. The SMILES string of the molecule is CC(C)C(Cn1nccn1)NC(=O)NC1CCCC1. The maximum atomic E-state index is 12.0. The van der Waals surface area contributed by atoms with E-state index in [9.17, 15) is 4.79 Å². The molecule has 0 aliphatic heterocycles. The van der Waals surface area contributed by atoms with Crippen molar-refractivity contribution >= 4 is 6.03 Å². The molecule has 0 saturated heterocycles. The normalized spacial score (nSPS) is 17.6. The maximum Gasteiger partial charge on any atom is 0.315 e. The van der Waals surface area contributed by atoms with Crippen molar-refractivity contribution in [1.29, 1.82) is 0 Å². The molecular weight excluding hydrogens is 242 g/mol. The van der Waals surface area contributed by atoms with E-state index in [-0.39, 0.29) is 12.1 Å². The third-order valence-corrected chi connectivity index (χ3v) is 3.64. The molecule has 1 heterocycles. The molecule has 1 aromatic rings. The zero-order valence-electron chi connectivity index (χ0n) is 11.7. The number of carbonyl (C=O) groups is 1. The van der Waals surface area contributed by atoms with Gasteiger partial charge in [-0.15, -0.1) is 0 Å². The van der Waals surface area contributed by atoms with E-state index in [1.807, 2.05) is 0 Å². The van der Waals surface area contributed by atoms with Gasteiger partial charge in [0.25, 0.3) is 0 Å². The predicted octanol–water partition coefficient (Wildman–Crippen LogP) is 1.54. The van der Waals surface area contributed by atoms with Crippen LogP contribution in [0.15, 0.2) is 12.4 Å². The smallest absolute Gasteiger partial charge is 0.315 e. The van der Waals surface area contributed by atoms with Gasteiger partial charge in [0.15, 0.2) is 0 Å². The second kappa shape index (κ2) is 6.54. The summed E-state index contributed by atoms with van der Waals surface area (Å²) in [5.41, 5.74) is 0. The molecule has 1 aromatic heterocycles. The van der Waals surface area contributed by atoms with Gasteiger partial charge in [-0.05, 0) is 18.8 Å². The standard InChI is InChI=1S/C13H23N5O/c1-10(2)12(9-18-14-7-8-15-18)17-13(19)16-11-5-3-4-6-11/h7-8,10-12H,3-6,9H2,1-2H3,(H2,16,17,19). The summed E-state index contributed by atoms with van der Waals surface area (Å²) in [5.74, 6) is 0.334. The fraction of sp³-hybridized carbons (Fsp3) is 0.769. The van der Waals surface area contributed by atoms with Crippen molar-refractivity contribution in [3.8, 4) is 0 Å². The molecule has 0 bridgehead atoms. The summed E-state index contributed by atoms with van der Waals surface area (Å²) in [6.45, 7) is 4.77. The molecular formula is C13H23N5O. The Morgan fingerprint density at radius 2 is 1.95 bits per heavy atom. The number of hydrogen-bond donors (Lipinski definition) is 2. The average Bonchev–Trinajstić information content (AvgIpc) is 3.00. The highest BCUT2D eigenvalue weighted by Gasteiger charge is 2.21. The lowest BCUT2D eigenvalue weighted by Gasteiger charge is -2.23. The zero-order chi connectivity index (χ0) is 13.7. The lowest BCUT2D eigenvalue weighted by atomic mass is 10.1. The largest absolute Gasteiger partial charge is 0.335 e. The molecule has 6 heteroatoms. The van der Waals surface area contributed by atoms with Gasteiger partial charge in [0.05, 0.1) is 25.0 Å². The highest BCUT2D eigenvalue weighted by Crippen LogP contribution is 2.17. The fourth-order valence-corrected chi connectivity index (χ4v) is 2.40. The molecule has 0 spiro atoms. The summed E-state index contributed by atoms with van der Waals surface area (Å²) in [7, 11) is 0. The number of carbonyl (C=O) groups excluding carboxylic acids is 1. The first kappa shape index (κ1) is 13.8. The number of aromatic nitrogens is 3. The highest BCUT2D eigenvalue weighted by molar-refractivity contribution is 5.74. The van der Waals surface area contributed by atoms with Crippen LogP contribution in [0.5, 0.6) is 0 Å². The Morgan fingerprint density at radius 3 is 2.53 bits per heavy atom. The summed E-state index contributed by atoms with van der Waals surface area (Å²) in [6, 6.07) is 0.308. The molecule has 1 atom stereocenters. The van der Waals surface area contributed by atoms with Gasteiger partial charge < -0.3 is 10.6 Å². The number of hydrogen-bond acceptors (Lipinski definition) is 3. The summed E-state index contributed by atoms with van der Waals surface area (Å²) in [4.78, 5) is 13.6. The van der Waals surface area contributed by atoms with Gasteiger partial charge in [0.2, 0.25) is 0 Å². The van der Waals surface area contributed by atoms with Crippen LogP contribution in [-0.4, -0.2) is 33.1 Å². The predicted molar refractivity (Wildman–Crippen MR) is 72.6 cm³/mol. The molecule has 1 aliphatic rings. The summed E-state index contributed by atoms with van der Waals surface area (Å²) >= 11 is 0. The van der Waals surface area contributed by atoms with Crippen LogP contribution < -0.4 is 10.6 Å². The minimum Gasteiger partial charge on any atom is -0.335 e. The number of nitrogens with zero attached hydrogens (tertiary/aromatic N) is 3. The van der Waals surface area contributed by atoms with E-state index in [1.165, 1.54) is 12.8 Å². The quantitative estimate of drug-likeness (QED) is 0.848. The molecule has 1 fully saturated rings. The molecule has 1 saturated carbocycles. The van der Waals surface area contributed by atoms with Gasteiger partial charge in [0, 0.05) is 6.04 Å². The Kier molecular flexibility index (Phi) is 4.76. The third kappa shape index (κ3) is 4.22. The molecule has 6 nitrogen and oxygen atoms in total. The Balaban J connectivity index is 1.83. The monoisotopic (exact) mass is 265 g/mol. The van der Waals surface area contributed by atoms with Crippen LogP contribution in [0.3, 0.4) is 0 Å². The molecule has 2 rings (SSSR count). The Bertz CT molecular complexity index is 384. The van der Waals surface area contributed by atoms with Gasteiger partial charge in [0.1, 0.15) is 0 Å².